The van der Waals surface area contributed by atoms with Crippen LogP contribution in [0.2, 0.25) is 0 Å². The van der Waals surface area contributed by atoms with Crippen LogP contribution >= 0.6 is 22.6 Å². The Hall–Kier alpha value is -1.59. The first-order valence-electron chi connectivity index (χ1n) is 5.71. The van der Waals surface area contributed by atoms with E-state index in [4.69, 9.17) is 5.26 Å². The second kappa shape index (κ2) is 5.81. The highest BCUT2D eigenvalue weighted by atomic mass is 127. The first-order chi connectivity index (χ1) is 9.42. The molecule has 0 aliphatic carbocycles. The standard InChI is InChI=1S/C14H11IN2O2S/c1-10-2-3-11(9-16)8-14(10)20(18,19)17-13-6-4-12(15)5-7-13/h2-8,17H,1H3. The van der Waals surface area contributed by atoms with Crippen molar-refractivity contribution in [3.05, 3.63) is 57.2 Å². The van der Waals surface area contributed by atoms with Crippen LogP contribution in [0.1, 0.15) is 11.1 Å². The Morgan fingerprint density at radius 3 is 2.40 bits per heavy atom. The van der Waals surface area contributed by atoms with Gasteiger partial charge in [-0.05, 0) is 71.5 Å². The van der Waals surface area contributed by atoms with Crippen LogP contribution in [0.25, 0.3) is 0 Å². The third kappa shape index (κ3) is 3.29. The highest BCUT2D eigenvalue weighted by Gasteiger charge is 2.17. The summed E-state index contributed by atoms with van der Waals surface area (Å²) < 4.78 is 28.2. The van der Waals surface area contributed by atoms with Crippen LogP contribution in [0.4, 0.5) is 5.69 Å². The Morgan fingerprint density at radius 1 is 1.15 bits per heavy atom. The summed E-state index contributed by atoms with van der Waals surface area (Å²) >= 11 is 2.15. The Labute approximate surface area is 131 Å². The van der Waals surface area contributed by atoms with Crippen molar-refractivity contribution < 1.29 is 8.42 Å². The molecule has 0 fully saturated rings. The Morgan fingerprint density at radius 2 is 1.80 bits per heavy atom. The van der Waals surface area contributed by atoms with Gasteiger partial charge in [0.1, 0.15) is 0 Å². The number of sulfonamides is 1. The maximum absolute atomic E-state index is 12.4. The zero-order valence-electron chi connectivity index (χ0n) is 10.6. The molecule has 0 spiro atoms. The average molecular weight is 398 g/mol. The predicted octanol–water partition coefficient (Wildman–Crippen LogP) is 3.27. The van der Waals surface area contributed by atoms with Crippen LogP contribution in [0.15, 0.2) is 47.4 Å². The molecule has 0 atom stereocenters. The summed E-state index contributed by atoms with van der Waals surface area (Å²) in [6.45, 7) is 1.70. The second-order valence-corrected chi connectivity index (χ2v) is 7.10. The fraction of sp³-hybridized carbons (Fsp3) is 0.0714. The Kier molecular flexibility index (Phi) is 4.30. The zero-order chi connectivity index (χ0) is 14.8. The summed E-state index contributed by atoms with van der Waals surface area (Å²) in [5.41, 5.74) is 1.41. The molecule has 0 amide bonds. The second-order valence-electron chi connectivity index (χ2n) is 4.20. The quantitative estimate of drug-likeness (QED) is 0.807. The molecule has 0 heterocycles. The Balaban J connectivity index is 2.40. The summed E-state index contributed by atoms with van der Waals surface area (Å²) in [6.07, 6.45) is 0. The third-order valence-electron chi connectivity index (χ3n) is 2.70. The highest BCUT2D eigenvalue weighted by Crippen LogP contribution is 2.21. The van der Waals surface area contributed by atoms with E-state index in [0.29, 0.717) is 16.8 Å². The zero-order valence-corrected chi connectivity index (χ0v) is 13.6. The van der Waals surface area contributed by atoms with Gasteiger partial charge in [-0.3, -0.25) is 4.72 Å². The van der Waals surface area contributed by atoms with E-state index >= 15 is 0 Å². The maximum atomic E-state index is 12.4. The lowest BCUT2D eigenvalue weighted by atomic mass is 10.2. The number of benzene rings is 2. The number of rotatable bonds is 3. The van der Waals surface area contributed by atoms with Crippen molar-refractivity contribution in [1.82, 2.24) is 0 Å². The van der Waals surface area contributed by atoms with E-state index in [9.17, 15) is 8.42 Å². The molecule has 0 unspecified atom stereocenters. The van der Waals surface area contributed by atoms with Crippen molar-refractivity contribution in [2.75, 3.05) is 4.72 Å². The molecular formula is C14H11IN2O2S. The van der Waals surface area contributed by atoms with E-state index < -0.39 is 10.0 Å². The van der Waals surface area contributed by atoms with E-state index in [0.717, 1.165) is 3.57 Å². The lowest BCUT2D eigenvalue weighted by molar-refractivity contribution is 0.600. The van der Waals surface area contributed by atoms with Crippen LogP contribution in [-0.2, 0) is 10.0 Å². The molecule has 0 aliphatic rings. The van der Waals surface area contributed by atoms with Crippen molar-refractivity contribution >= 4 is 38.3 Å². The summed E-state index contributed by atoms with van der Waals surface area (Å²) in [6, 6.07) is 13.6. The molecule has 0 bridgehead atoms. The number of nitrogens with zero attached hydrogens (tertiary/aromatic N) is 1. The fourth-order valence-electron chi connectivity index (χ4n) is 1.69. The minimum Gasteiger partial charge on any atom is -0.280 e. The number of nitrogens with one attached hydrogen (secondary N) is 1. The first-order valence-corrected chi connectivity index (χ1v) is 8.28. The summed E-state index contributed by atoms with van der Waals surface area (Å²) in [7, 11) is -3.69. The van der Waals surface area contributed by atoms with Crippen LogP contribution < -0.4 is 4.72 Å². The SMILES string of the molecule is Cc1ccc(C#N)cc1S(=O)(=O)Nc1ccc(I)cc1. The summed E-state index contributed by atoms with van der Waals surface area (Å²) in [5.74, 6) is 0. The first kappa shape index (κ1) is 14.8. The van der Waals surface area contributed by atoms with Gasteiger partial charge < -0.3 is 0 Å². The molecule has 0 radical (unpaired) electrons. The topological polar surface area (TPSA) is 70.0 Å². The monoisotopic (exact) mass is 398 g/mol. The summed E-state index contributed by atoms with van der Waals surface area (Å²) in [4.78, 5) is 0.120. The average Bonchev–Trinajstić information content (AvgIpc) is 2.41. The number of nitriles is 1. The Bertz CT molecular complexity index is 778. The number of anilines is 1. The van der Waals surface area contributed by atoms with E-state index in [1.165, 1.54) is 6.07 Å². The fourth-order valence-corrected chi connectivity index (χ4v) is 3.38. The molecular weight excluding hydrogens is 387 g/mol. The van der Waals surface area contributed by atoms with Gasteiger partial charge in [0.05, 0.1) is 16.5 Å². The predicted molar refractivity (Wildman–Crippen MR) is 85.9 cm³/mol. The molecule has 1 N–H and O–H groups in total. The third-order valence-corrected chi connectivity index (χ3v) is 4.95. The van der Waals surface area contributed by atoms with Crippen LogP contribution in [0, 0.1) is 21.8 Å². The molecule has 2 aromatic carbocycles. The van der Waals surface area contributed by atoms with E-state index in [2.05, 4.69) is 27.3 Å². The summed E-state index contributed by atoms with van der Waals surface area (Å²) in [5, 5.41) is 8.87. The molecule has 102 valence electrons. The molecule has 6 heteroatoms. The van der Waals surface area contributed by atoms with Gasteiger partial charge in [-0.15, -0.1) is 0 Å². The van der Waals surface area contributed by atoms with Crippen molar-refractivity contribution in [2.24, 2.45) is 0 Å². The van der Waals surface area contributed by atoms with Gasteiger partial charge in [0.2, 0.25) is 0 Å². The van der Waals surface area contributed by atoms with Gasteiger partial charge in [-0.2, -0.15) is 5.26 Å². The van der Waals surface area contributed by atoms with Crippen LogP contribution in [-0.4, -0.2) is 8.42 Å². The van der Waals surface area contributed by atoms with Gasteiger partial charge in [0.15, 0.2) is 0 Å². The van der Waals surface area contributed by atoms with E-state index in [1.54, 1.807) is 31.2 Å². The molecule has 20 heavy (non-hydrogen) atoms. The molecule has 0 saturated carbocycles. The van der Waals surface area contributed by atoms with Crippen molar-refractivity contribution in [3.63, 3.8) is 0 Å². The normalized spacial score (nSPS) is 10.8. The van der Waals surface area contributed by atoms with Gasteiger partial charge in [-0.25, -0.2) is 8.42 Å². The lowest BCUT2D eigenvalue weighted by Crippen LogP contribution is -2.14. The molecule has 0 aromatic heterocycles. The van der Waals surface area contributed by atoms with Crippen molar-refractivity contribution in [3.8, 4) is 6.07 Å². The minimum atomic E-state index is -3.69. The van der Waals surface area contributed by atoms with Gasteiger partial charge in [0, 0.05) is 9.26 Å². The van der Waals surface area contributed by atoms with Crippen LogP contribution in [0.3, 0.4) is 0 Å². The van der Waals surface area contributed by atoms with Gasteiger partial charge in [-0.1, -0.05) is 6.07 Å². The molecule has 2 rings (SSSR count). The van der Waals surface area contributed by atoms with Crippen molar-refractivity contribution in [1.29, 1.82) is 5.26 Å². The lowest BCUT2D eigenvalue weighted by Gasteiger charge is -2.10. The molecule has 4 nitrogen and oxygen atoms in total. The molecule has 0 saturated heterocycles. The molecule has 0 aliphatic heterocycles. The largest absolute Gasteiger partial charge is 0.280 e. The number of hydrogen-bond acceptors (Lipinski definition) is 3. The van der Waals surface area contributed by atoms with Crippen LogP contribution in [0.5, 0.6) is 0 Å². The maximum Gasteiger partial charge on any atom is 0.262 e. The molecule has 2 aromatic rings. The van der Waals surface area contributed by atoms with E-state index in [1.807, 2.05) is 18.2 Å². The van der Waals surface area contributed by atoms with Crippen molar-refractivity contribution in [2.45, 2.75) is 11.8 Å². The number of aryl methyl sites for hydroxylation is 1. The highest BCUT2D eigenvalue weighted by molar-refractivity contribution is 14.1. The van der Waals surface area contributed by atoms with Gasteiger partial charge in [0.25, 0.3) is 10.0 Å². The smallest absolute Gasteiger partial charge is 0.262 e. The van der Waals surface area contributed by atoms with Gasteiger partial charge >= 0.3 is 0 Å². The van der Waals surface area contributed by atoms with E-state index in [-0.39, 0.29) is 4.90 Å². The number of halogens is 1. The minimum absolute atomic E-state index is 0.120. The number of hydrogen-bond donors (Lipinski definition) is 1.